The minimum atomic E-state index is -1.67. The third kappa shape index (κ3) is 34.5. The van der Waals surface area contributed by atoms with Crippen LogP contribution >= 0.6 is 0 Å². The van der Waals surface area contributed by atoms with Crippen molar-refractivity contribution in [2.75, 3.05) is 13.2 Å². The van der Waals surface area contributed by atoms with Crippen LogP contribution in [-0.2, 0) is 14.3 Å². The van der Waals surface area contributed by atoms with E-state index in [9.17, 15) is 40.5 Å². The number of ether oxygens (including phenoxy) is 2. The molecular formula is C56H107NO10. The fourth-order valence-corrected chi connectivity index (χ4v) is 9.11. The Morgan fingerprint density at radius 2 is 0.896 bits per heavy atom. The maximum atomic E-state index is 13.1. The molecule has 0 aromatic carbocycles. The molecule has 0 saturated carbocycles. The Bertz CT molecular complexity index is 1140. The number of hydrogen-bond acceptors (Lipinski definition) is 10. The molecule has 9 atom stereocenters. The highest BCUT2D eigenvalue weighted by molar-refractivity contribution is 5.80. The second-order valence-electron chi connectivity index (χ2n) is 20.0. The van der Waals surface area contributed by atoms with Gasteiger partial charge in [0.15, 0.2) is 6.29 Å². The monoisotopic (exact) mass is 954 g/mol. The minimum Gasteiger partial charge on any atom is -0.394 e. The molecule has 0 aliphatic carbocycles. The summed E-state index contributed by atoms with van der Waals surface area (Å²) in [6.07, 6.45) is 42.7. The number of carbonyl (C=O) groups excluding carboxylic acids is 1. The van der Waals surface area contributed by atoms with Gasteiger partial charge in [-0.3, -0.25) is 4.79 Å². The molecule has 11 heteroatoms. The van der Waals surface area contributed by atoms with Crippen LogP contribution in [0, 0.1) is 0 Å². The van der Waals surface area contributed by atoms with E-state index in [0.29, 0.717) is 19.3 Å². The molecule has 1 amide bonds. The quantitative estimate of drug-likeness (QED) is 0.0215. The molecule has 1 heterocycles. The van der Waals surface area contributed by atoms with Crippen molar-refractivity contribution in [3.05, 3.63) is 24.3 Å². The summed E-state index contributed by atoms with van der Waals surface area (Å²) < 4.78 is 11.1. The lowest BCUT2D eigenvalue weighted by Gasteiger charge is -2.40. The molecule has 396 valence electrons. The second kappa shape index (κ2) is 45.7. The van der Waals surface area contributed by atoms with Crippen LogP contribution in [0.5, 0.6) is 0 Å². The Kier molecular flexibility index (Phi) is 43.4. The first-order valence-electron chi connectivity index (χ1n) is 28.2. The summed E-state index contributed by atoms with van der Waals surface area (Å²) in [6, 6.07) is -1.19. The lowest BCUT2D eigenvalue weighted by molar-refractivity contribution is -0.303. The topological polar surface area (TPSA) is 189 Å². The van der Waals surface area contributed by atoms with Crippen molar-refractivity contribution in [3.63, 3.8) is 0 Å². The molecule has 1 rings (SSSR count). The van der Waals surface area contributed by atoms with Crippen LogP contribution < -0.4 is 5.32 Å². The van der Waals surface area contributed by atoms with Gasteiger partial charge in [0.05, 0.1) is 25.4 Å². The molecule has 11 nitrogen and oxygen atoms in total. The molecule has 9 unspecified atom stereocenters. The number of aliphatic hydroxyl groups is 7. The van der Waals surface area contributed by atoms with Crippen molar-refractivity contribution in [1.82, 2.24) is 5.32 Å². The van der Waals surface area contributed by atoms with Crippen LogP contribution in [0.15, 0.2) is 24.3 Å². The Labute approximate surface area is 410 Å². The van der Waals surface area contributed by atoms with Gasteiger partial charge in [-0.25, -0.2) is 0 Å². The van der Waals surface area contributed by atoms with Crippen molar-refractivity contribution in [2.24, 2.45) is 0 Å². The third-order valence-corrected chi connectivity index (χ3v) is 13.7. The Morgan fingerprint density at radius 3 is 1.33 bits per heavy atom. The SMILES string of the molecule is CCCCCCCCCCCCCCCCCCCCCCC/C=C/CC/C=C/CCCC(O)C(O)C(COC1OC(CO)C(O)C(O)C1O)NC(=O)C(O)CCCCCCCCCCCC. The van der Waals surface area contributed by atoms with E-state index >= 15 is 0 Å². The fourth-order valence-electron chi connectivity index (χ4n) is 9.11. The summed E-state index contributed by atoms with van der Waals surface area (Å²) >= 11 is 0. The van der Waals surface area contributed by atoms with Crippen LogP contribution in [0.4, 0.5) is 0 Å². The number of rotatable bonds is 48. The summed E-state index contributed by atoms with van der Waals surface area (Å²) in [5, 5.41) is 75.8. The highest BCUT2D eigenvalue weighted by Crippen LogP contribution is 2.23. The summed E-state index contributed by atoms with van der Waals surface area (Å²) in [5.41, 5.74) is 0. The lowest BCUT2D eigenvalue weighted by atomic mass is 9.98. The number of unbranched alkanes of at least 4 members (excludes halogenated alkanes) is 32. The minimum absolute atomic E-state index is 0.249. The standard InChI is InChI=1S/C56H107NO10/c1-3-5-7-9-11-13-15-16-17-18-19-20-21-22-23-24-25-26-27-28-29-30-31-32-33-34-36-37-39-41-43-48(59)51(61)47(46-66-56-54(64)53(63)52(62)50(45-58)67-56)57-55(65)49(60)44-42-40-38-35-14-12-10-8-6-4-2/h31-32,36-37,47-54,56,58-64H,3-30,33-35,38-46H2,1-2H3,(H,57,65)/b32-31+,37-36+. The summed E-state index contributed by atoms with van der Waals surface area (Å²) in [4.78, 5) is 13.1. The first-order valence-corrected chi connectivity index (χ1v) is 28.2. The number of nitrogens with one attached hydrogen (secondary N) is 1. The van der Waals surface area contributed by atoms with Gasteiger partial charge in [0.25, 0.3) is 0 Å². The normalized spacial score (nSPS) is 20.8. The van der Waals surface area contributed by atoms with Crippen molar-refractivity contribution in [3.8, 4) is 0 Å². The van der Waals surface area contributed by atoms with Crippen LogP contribution in [0.2, 0.25) is 0 Å². The fraction of sp³-hybridized carbons (Fsp3) is 0.911. The molecule has 0 spiro atoms. The first kappa shape index (κ1) is 63.6. The molecule has 0 aromatic rings. The zero-order chi connectivity index (χ0) is 49.0. The largest absolute Gasteiger partial charge is 0.394 e. The molecule has 0 aromatic heterocycles. The molecule has 1 aliphatic rings. The van der Waals surface area contributed by atoms with Crippen molar-refractivity contribution in [1.29, 1.82) is 0 Å². The van der Waals surface area contributed by atoms with Crippen molar-refractivity contribution >= 4 is 5.91 Å². The molecule has 0 radical (unpaired) electrons. The second-order valence-corrected chi connectivity index (χ2v) is 20.0. The number of amides is 1. The van der Waals surface area contributed by atoms with Gasteiger partial charge in [-0.15, -0.1) is 0 Å². The van der Waals surface area contributed by atoms with Gasteiger partial charge in [-0.1, -0.05) is 231 Å². The molecule has 0 bridgehead atoms. The number of aliphatic hydroxyl groups excluding tert-OH is 7. The smallest absolute Gasteiger partial charge is 0.249 e. The van der Waals surface area contributed by atoms with Crippen molar-refractivity contribution < 1.29 is 50.0 Å². The summed E-state index contributed by atoms with van der Waals surface area (Å²) in [5.74, 6) is -0.711. The molecular weight excluding hydrogens is 847 g/mol. The highest BCUT2D eigenvalue weighted by Gasteiger charge is 2.44. The van der Waals surface area contributed by atoms with E-state index in [-0.39, 0.29) is 12.8 Å². The zero-order valence-corrected chi connectivity index (χ0v) is 43.1. The summed E-state index contributed by atoms with van der Waals surface area (Å²) in [7, 11) is 0. The van der Waals surface area contributed by atoms with E-state index in [1.807, 2.05) is 0 Å². The molecule has 1 fully saturated rings. The van der Waals surface area contributed by atoms with Gasteiger partial charge in [0.2, 0.25) is 5.91 Å². The molecule has 8 N–H and O–H groups in total. The summed E-state index contributed by atoms with van der Waals surface area (Å²) in [6.45, 7) is 3.42. The first-order chi connectivity index (χ1) is 32.7. The predicted octanol–water partition coefficient (Wildman–Crippen LogP) is 11.3. The van der Waals surface area contributed by atoms with Crippen LogP contribution in [-0.4, -0.2) is 110 Å². The van der Waals surface area contributed by atoms with E-state index in [1.165, 1.54) is 173 Å². The number of carbonyl (C=O) groups is 1. The van der Waals surface area contributed by atoms with Gasteiger partial charge in [-0.2, -0.15) is 0 Å². The van der Waals surface area contributed by atoms with Crippen molar-refractivity contribution in [2.45, 2.75) is 313 Å². The van der Waals surface area contributed by atoms with Gasteiger partial charge in [0, 0.05) is 0 Å². The van der Waals surface area contributed by atoms with Crippen LogP contribution in [0.3, 0.4) is 0 Å². The Morgan fingerprint density at radius 1 is 0.507 bits per heavy atom. The zero-order valence-electron chi connectivity index (χ0n) is 43.1. The third-order valence-electron chi connectivity index (χ3n) is 13.7. The average molecular weight is 954 g/mol. The van der Waals surface area contributed by atoms with Gasteiger partial charge >= 0.3 is 0 Å². The van der Waals surface area contributed by atoms with Gasteiger partial charge in [-0.05, 0) is 51.4 Å². The van der Waals surface area contributed by atoms with Crippen LogP contribution in [0.1, 0.15) is 258 Å². The Hall–Kier alpha value is -1.41. The number of allylic oxidation sites excluding steroid dienone is 4. The van der Waals surface area contributed by atoms with E-state index < -0.39 is 74.2 Å². The maximum Gasteiger partial charge on any atom is 0.249 e. The van der Waals surface area contributed by atoms with Crippen LogP contribution in [0.25, 0.3) is 0 Å². The van der Waals surface area contributed by atoms with E-state index in [1.54, 1.807) is 0 Å². The predicted molar refractivity (Wildman–Crippen MR) is 275 cm³/mol. The van der Waals surface area contributed by atoms with E-state index in [0.717, 1.165) is 38.5 Å². The average Bonchev–Trinajstić information content (AvgIpc) is 3.33. The van der Waals surface area contributed by atoms with E-state index in [2.05, 4.69) is 43.5 Å². The van der Waals surface area contributed by atoms with Gasteiger partial charge in [0.1, 0.15) is 36.6 Å². The van der Waals surface area contributed by atoms with E-state index in [4.69, 9.17) is 9.47 Å². The Balaban J connectivity index is 2.25. The highest BCUT2D eigenvalue weighted by atomic mass is 16.7. The maximum absolute atomic E-state index is 13.1. The number of hydrogen-bond donors (Lipinski definition) is 8. The molecule has 1 saturated heterocycles. The molecule has 67 heavy (non-hydrogen) atoms. The molecule has 1 aliphatic heterocycles. The lowest BCUT2D eigenvalue weighted by Crippen LogP contribution is -2.60. The van der Waals surface area contributed by atoms with Gasteiger partial charge < -0.3 is 50.5 Å².